The number of nitrogens with one attached hydrogen (secondary N) is 2. The van der Waals surface area contributed by atoms with Crippen LogP contribution in [0.25, 0.3) is 11.5 Å². The third-order valence-electron chi connectivity index (χ3n) is 4.52. The fraction of sp³-hybridized carbons (Fsp3) is 0.389. The fourth-order valence-electron chi connectivity index (χ4n) is 3.20. The lowest BCUT2D eigenvalue weighted by Crippen LogP contribution is -2.23. The molecule has 1 aliphatic carbocycles. The van der Waals surface area contributed by atoms with Gasteiger partial charge in [-0.05, 0) is 43.4 Å². The third kappa shape index (κ3) is 3.50. The van der Waals surface area contributed by atoms with E-state index in [1.165, 1.54) is 24.1 Å². The number of nitrogens with zero attached hydrogens (tertiary/aromatic N) is 2. The Morgan fingerprint density at radius 3 is 3.08 bits per heavy atom. The summed E-state index contributed by atoms with van der Waals surface area (Å²) in [6, 6.07) is 5.35. The Bertz CT molecular complexity index is 848. The lowest BCUT2D eigenvalue weighted by atomic mass is 9.95. The first-order valence-electron chi connectivity index (χ1n) is 8.61. The van der Waals surface area contributed by atoms with Crippen molar-refractivity contribution in [1.82, 2.24) is 20.7 Å². The third-order valence-corrected chi connectivity index (χ3v) is 4.52. The summed E-state index contributed by atoms with van der Waals surface area (Å²) >= 11 is 0. The lowest BCUT2D eigenvalue weighted by Gasteiger charge is -2.11. The summed E-state index contributed by atoms with van der Waals surface area (Å²) < 4.78 is 10.5. The number of fused-ring (bicyclic) bond motifs is 1. The first-order chi connectivity index (χ1) is 12.3. The van der Waals surface area contributed by atoms with Crippen LogP contribution in [0.5, 0.6) is 0 Å². The van der Waals surface area contributed by atoms with Crippen LogP contribution < -0.4 is 5.32 Å². The normalized spacial score (nSPS) is 13.6. The van der Waals surface area contributed by atoms with Gasteiger partial charge in [0.15, 0.2) is 5.76 Å². The van der Waals surface area contributed by atoms with E-state index in [4.69, 9.17) is 8.94 Å². The van der Waals surface area contributed by atoms with Gasteiger partial charge in [0.25, 0.3) is 0 Å². The molecule has 0 aromatic carbocycles. The minimum absolute atomic E-state index is 0.0184. The number of aryl methyl sites for hydroxylation is 2. The minimum atomic E-state index is -0.0184. The van der Waals surface area contributed by atoms with E-state index < -0.39 is 0 Å². The Kier molecular flexibility index (Phi) is 4.37. The van der Waals surface area contributed by atoms with Gasteiger partial charge in [-0.3, -0.25) is 9.89 Å². The van der Waals surface area contributed by atoms with Gasteiger partial charge in [0.2, 0.25) is 11.7 Å². The molecule has 2 N–H and O–H groups in total. The van der Waals surface area contributed by atoms with Crippen LogP contribution in [0.2, 0.25) is 0 Å². The highest BCUT2D eigenvalue weighted by Gasteiger charge is 2.17. The molecule has 0 unspecified atom stereocenters. The number of carbonyl (C=O) groups excluding carboxylic acids is 1. The Balaban J connectivity index is 1.28. The average molecular weight is 340 g/mol. The molecule has 3 aromatic rings. The smallest absolute Gasteiger partial charge is 0.220 e. The summed E-state index contributed by atoms with van der Waals surface area (Å²) in [4.78, 5) is 12.1. The van der Waals surface area contributed by atoms with Crippen LogP contribution in [0.4, 0.5) is 0 Å². The van der Waals surface area contributed by atoms with E-state index in [2.05, 4.69) is 20.7 Å². The predicted octanol–water partition coefficient (Wildman–Crippen LogP) is 2.79. The number of H-pyrrole nitrogens is 1. The van der Waals surface area contributed by atoms with Gasteiger partial charge >= 0.3 is 0 Å². The molecular weight excluding hydrogens is 320 g/mol. The number of furan rings is 1. The molecule has 0 radical (unpaired) electrons. The van der Waals surface area contributed by atoms with E-state index in [1.54, 1.807) is 24.5 Å². The highest BCUT2D eigenvalue weighted by Crippen LogP contribution is 2.23. The van der Waals surface area contributed by atoms with Crippen LogP contribution >= 0.6 is 0 Å². The number of aromatic nitrogens is 3. The molecule has 0 atom stereocenters. The summed E-state index contributed by atoms with van der Waals surface area (Å²) in [6.45, 7) is 0.335. The van der Waals surface area contributed by atoms with Crippen molar-refractivity contribution in [3.63, 3.8) is 0 Å². The topological polar surface area (TPSA) is 97.0 Å². The van der Waals surface area contributed by atoms with Gasteiger partial charge in [0, 0.05) is 24.6 Å². The van der Waals surface area contributed by atoms with Crippen LogP contribution in [0, 0.1) is 0 Å². The molecule has 25 heavy (non-hydrogen) atoms. The molecule has 3 aromatic heterocycles. The van der Waals surface area contributed by atoms with Crippen molar-refractivity contribution in [3.05, 3.63) is 47.1 Å². The maximum absolute atomic E-state index is 12.1. The van der Waals surface area contributed by atoms with E-state index in [0.29, 0.717) is 36.6 Å². The van der Waals surface area contributed by atoms with Crippen LogP contribution in [0.3, 0.4) is 0 Å². The predicted molar refractivity (Wildman–Crippen MR) is 89.6 cm³/mol. The molecule has 7 heteroatoms. The van der Waals surface area contributed by atoms with E-state index >= 15 is 0 Å². The molecule has 7 nitrogen and oxygen atoms in total. The molecule has 4 rings (SSSR count). The Morgan fingerprint density at radius 1 is 1.28 bits per heavy atom. The van der Waals surface area contributed by atoms with Gasteiger partial charge in [0.1, 0.15) is 5.69 Å². The van der Waals surface area contributed by atoms with Crippen LogP contribution in [0.15, 0.2) is 33.4 Å². The number of rotatable bonds is 6. The van der Waals surface area contributed by atoms with Crippen molar-refractivity contribution in [1.29, 1.82) is 0 Å². The van der Waals surface area contributed by atoms with Crippen LogP contribution in [-0.4, -0.2) is 21.3 Å². The van der Waals surface area contributed by atoms with Gasteiger partial charge in [-0.2, -0.15) is 5.10 Å². The molecule has 1 aliphatic rings. The number of amides is 1. The summed E-state index contributed by atoms with van der Waals surface area (Å²) in [5.41, 5.74) is 4.26. The van der Waals surface area contributed by atoms with Crippen LogP contribution in [0.1, 0.15) is 41.9 Å². The maximum Gasteiger partial charge on any atom is 0.220 e. The Morgan fingerprint density at radius 2 is 2.20 bits per heavy atom. The summed E-state index contributed by atoms with van der Waals surface area (Å²) in [5.74, 6) is 1.15. The molecule has 0 saturated heterocycles. The summed E-state index contributed by atoms with van der Waals surface area (Å²) in [6.07, 6.45) is 7.21. The molecule has 0 spiro atoms. The molecule has 0 saturated carbocycles. The molecule has 0 fully saturated rings. The highest BCUT2D eigenvalue weighted by molar-refractivity contribution is 5.76. The van der Waals surface area contributed by atoms with Gasteiger partial charge in [-0.25, -0.2) is 0 Å². The van der Waals surface area contributed by atoms with Crippen molar-refractivity contribution in [2.24, 2.45) is 0 Å². The average Bonchev–Trinajstić information content (AvgIpc) is 3.38. The van der Waals surface area contributed by atoms with Crippen molar-refractivity contribution < 1.29 is 13.7 Å². The summed E-state index contributed by atoms with van der Waals surface area (Å²) in [5, 5.41) is 14.3. The van der Waals surface area contributed by atoms with E-state index in [-0.39, 0.29) is 5.91 Å². The fourth-order valence-corrected chi connectivity index (χ4v) is 3.20. The number of carbonyl (C=O) groups is 1. The monoisotopic (exact) mass is 340 g/mol. The zero-order valence-corrected chi connectivity index (χ0v) is 13.9. The molecule has 130 valence electrons. The van der Waals surface area contributed by atoms with Crippen molar-refractivity contribution >= 4 is 5.91 Å². The highest BCUT2D eigenvalue weighted by atomic mass is 16.5. The number of hydrogen-bond donors (Lipinski definition) is 2. The van der Waals surface area contributed by atoms with Gasteiger partial charge < -0.3 is 14.3 Å². The van der Waals surface area contributed by atoms with E-state index in [9.17, 15) is 4.79 Å². The second-order valence-corrected chi connectivity index (χ2v) is 6.27. The second-order valence-electron chi connectivity index (χ2n) is 6.27. The Labute approximate surface area is 144 Å². The number of aromatic amines is 1. The lowest BCUT2D eigenvalue weighted by molar-refractivity contribution is -0.121. The van der Waals surface area contributed by atoms with Crippen LogP contribution in [-0.2, 0) is 30.6 Å². The van der Waals surface area contributed by atoms with Crippen molar-refractivity contribution in [2.75, 3.05) is 0 Å². The first kappa shape index (κ1) is 15.7. The van der Waals surface area contributed by atoms with E-state index in [0.717, 1.165) is 18.5 Å². The zero-order valence-electron chi connectivity index (χ0n) is 13.9. The standard InChI is InChI=1S/C18H20N4O3/c23-18(8-7-15-13-4-1-2-5-14(13)20-21-15)19-11-12-10-17(25-22-12)16-6-3-9-24-16/h3,6,9-10H,1-2,4-5,7-8,11H2,(H,19,23)(H,20,21). The Hall–Kier alpha value is -2.83. The minimum Gasteiger partial charge on any atom is -0.461 e. The van der Waals surface area contributed by atoms with Gasteiger partial charge in [-0.1, -0.05) is 5.16 Å². The zero-order chi connectivity index (χ0) is 17.1. The molecule has 1 amide bonds. The molecule has 3 heterocycles. The second kappa shape index (κ2) is 6.96. The van der Waals surface area contributed by atoms with E-state index in [1.807, 2.05) is 0 Å². The molecule has 0 aliphatic heterocycles. The quantitative estimate of drug-likeness (QED) is 0.719. The summed E-state index contributed by atoms with van der Waals surface area (Å²) in [7, 11) is 0. The molecular formula is C18H20N4O3. The maximum atomic E-state index is 12.1. The first-order valence-corrected chi connectivity index (χ1v) is 8.61. The van der Waals surface area contributed by atoms with Crippen molar-refractivity contribution in [3.8, 4) is 11.5 Å². The SMILES string of the molecule is O=C(CCc1n[nH]c2c1CCCC2)NCc1cc(-c2ccco2)on1. The number of hydrogen-bond acceptors (Lipinski definition) is 5. The van der Waals surface area contributed by atoms with Gasteiger partial charge in [0.05, 0.1) is 18.5 Å². The molecule has 0 bridgehead atoms. The largest absolute Gasteiger partial charge is 0.461 e. The van der Waals surface area contributed by atoms with Gasteiger partial charge in [-0.15, -0.1) is 0 Å². The van der Waals surface area contributed by atoms with Crippen molar-refractivity contribution in [2.45, 2.75) is 45.1 Å².